The van der Waals surface area contributed by atoms with Crippen LogP contribution in [0.3, 0.4) is 0 Å². The van der Waals surface area contributed by atoms with Crippen molar-refractivity contribution in [1.82, 2.24) is 0 Å². The van der Waals surface area contributed by atoms with Crippen LogP contribution in [0.2, 0.25) is 0 Å². The summed E-state index contributed by atoms with van der Waals surface area (Å²) in [5.41, 5.74) is 0. The number of rotatable bonds is 1. The van der Waals surface area contributed by atoms with Crippen LogP contribution in [0.1, 0.15) is 6.92 Å². The molecule has 62 valence electrons. The molecule has 2 radical (unpaired) electrons. The molecule has 0 aromatic heterocycles. The molecule has 1 aliphatic rings. The van der Waals surface area contributed by atoms with Crippen molar-refractivity contribution in [3.63, 3.8) is 0 Å². The molecule has 0 bridgehead atoms. The fourth-order valence-corrected chi connectivity index (χ4v) is 1.15. The van der Waals surface area contributed by atoms with E-state index in [9.17, 15) is 10.2 Å². The molecular weight excluding hydrogens is 147 g/mol. The van der Waals surface area contributed by atoms with E-state index in [0.717, 1.165) is 0 Å². The second kappa shape index (κ2) is 2.75. The van der Waals surface area contributed by atoms with Crippen LogP contribution in [0.15, 0.2) is 0 Å². The Morgan fingerprint density at radius 1 is 1.64 bits per heavy atom. The molecule has 4 nitrogen and oxygen atoms in total. The lowest BCUT2D eigenvalue weighted by atomic mass is 9.88. The van der Waals surface area contributed by atoms with Gasteiger partial charge in [0.05, 0.1) is 12.7 Å². The molecule has 0 saturated carbocycles. The summed E-state index contributed by atoms with van der Waals surface area (Å²) >= 11 is 0. The van der Waals surface area contributed by atoms with Gasteiger partial charge in [-0.1, -0.05) is 6.92 Å². The fourth-order valence-electron chi connectivity index (χ4n) is 1.15. The Hall–Kier alpha value is -0.0951. The zero-order valence-electron chi connectivity index (χ0n) is 6.27. The third-order valence-corrected chi connectivity index (χ3v) is 2.13. The van der Waals surface area contributed by atoms with Crippen LogP contribution in [-0.4, -0.2) is 47.7 Å². The summed E-state index contributed by atoms with van der Waals surface area (Å²) in [6, 6.07) is -0.915. The molecule has 1 rings (SSSR count). The van der Waals surface area contributed by atoms with Crippen molar-refractivity contribution in [2.75, 3.05) is 6.61 Å². The Kier molecular flexibility index (Phi) is 2.25. The second-order valence-electron chi connectivity index (χ2n) is 2.86. The van der Waals surface area contributed by atoms with Crippen molar-refractivity contribution >= 4 is 7.85 Å². The van der Waals surface area contributed by atoms with E-state index in [-0.39, 0.29) is 0 Å². The largest absolute Gasteiger partial charge is 0.391 e. The minimum Gasteiger partial charge on any atom is -0.391 e. The van der Waals surface area contributed by atoms with E-state index in [1.54, 1.807) is 6.92 Å². The first-order valence-corrected chi connectivity index (χ1v) is 3.46. The first-order chi connectivity index (χ1) is 5.01. The maximum Gasteiger partial charge on any atom is 0.193 e. The maximum absolute atomic E-state index is 9.40. The van der Waals surface area contributed by atoms with E-state index in [1.807, 2.05) is 0 Å². The molecule has 5 heteroatoms. The van der Waals surface area contributed by atoms with Gasteiger partial charge in [0.25, 0.3) is 0 Å². The average molecular weight is 158 g/mol. The van der Waals surface area contributed by atoms with Crippen LogP contribution >= 0.6 is 0 Å². The summed E-state index contributed by atoms with van der Waals surface area (Å²) in [5, 5.41) is 27.3. The lowest BCUT2D eigenvalue weighted by Crippen LogP contribution is -2.39. The molecule has 3 N–H and O–H groups in total. The highest BCUT2D eigenvalue weighted by Gasteiger charge is 2.48. The molecule has 0 aliphatic carbocycles. The minimum absolute atomic E-state index is 0.557. The van der Waals surface area contributed by atoms with E-state index < -0.39 is 30.4 Å². The predicted molar refractivity (Wildman–Crippen MR) is 37.8 cm³/mol. The number of hydrogen-bond acceptors (Lipinski definition) is 4. The number of ether oxygens (including phenoxy) is 1. The summed E-state index contributed by atoms with van der Waals surface area (Å²) in [5.74, 6) is -2.25. The first-order valence-electron chi connectivity index (χ1n) is 3.46. The molecular formula is C6H11BO4. The van der Waals surface area contributed by atoms with Crippen LogP contribution in [0.25, 0.3) is 0 Å². The van der Waals surface area contributed by atoms with Gasteiger partial charge in [0.2, 0.25) is 0 Å². The molecule has 0 aromatic carbocycles. The normalized spacial score (nSPS) is 51.5. The van der Waals surface area contributed by atoms with Gasteiger partial charge in [-0.2, -0.15) is 0 Å². The Morgan fingerprint density at radius 3 is 2.36 bits per heavy atom. The zero-order valence-corrected chi connectivity index (χ0v) is 6.27. The van der Waals surface area contributed by atoms with Gasteiger partial charge in [0.1, 0.15) is 7.85 Å². The molecule has 1 fully saturated rings. The third kappa shape index (κ3) is 1.29. The molecule has 1 unspecified atom stereocenters. The predicted octanol–water partition coefficient (Wildman–Crippen LogP) is -1.81. The Morgan fingerprint density at radius 2 is 2.18 bits per heavy atom. The number of aliphatic hydroxyl groups is 3. The molecule has 0 spiro atoms. The summed E-state index contributed by atoms with van der Waals surface area (Å²) in [7, 11) is 5.28. The molecule has 1 aliphatic heterocycles. The SMILES string of the molecule is [B][C@@H]1OC(O)(CO)[C@@H](C)[C@H]1O. The van der Waals surface area contributed by atoms with Crippen molar-refractivity contribution < 1.29 is 20.1 Å². The quantitative estimate of drug-likeness (QED) is 0.393. The highest BCUT2D eigenvalue weighted by molar-refractivity contribution is 6.11. The second-order valence-corrected chi connectivity index (χ2v) is 2.86. The highest BCUT2D eigenvalue weighted by Crippen LogP contribution is 2.32. The summed E-state index contributed by atoms with van der Waals surface area (Å²) in [6.45, 7) is 1.01. The van der Waals surface area contributed by atoms with Crippen molar-refractivity contribution in [2.45, 2.75) is 24.8 Å². The Balaban J connectivity index is 2.73. The van der Waals surface area contributed by atoms with Crippen LogP contribution in [0.4, 0.5) is 0 Å². The molecule has 11 heavy (non-hydrogen) atoms. The molecule has 1 heterocycles. The van der Waals surface area contributed by atoms with E-state index in [2.05, 4.69) is 0 Å². The van der Waals surface area contributed by atoms with Gasteiger partial charge >= 0.3 is 0 Å². The molecule has 4 atom stereocenters. The Bertz CT molecular complexity index is 154. The lowest BCUT2D eigenvalue weighted by Gasteiger charge is -2.24. The van der Waals surface area contributed by atoms with Gasteiger partial charge in [-0.3, -0.25) is 0 Å². The van der Waals surface area contributed by atoms with Crippen molar-refractivity contribution in [3.05, 3.63) is 0 Å². The van der Waals surface area contributed by atoms with E-state index >= 15 is 0 Å². The van der Waals surface area contributed by atoms with Crippen LogP contribution in [0.5, 0.6) is 0 Å². The van der Waals surface area contributed by atoms with Gasteiger partial charge in [-0.25, -0.2) is 0 Å². The van der Waals surface area contributed by atoms with Crippen molar-refractivity contribution in [2.24, 2.45) is 5.92 Å². The van der Waals surface area contributed by atoms with Crippen LogP contribution in [-0.2, 0) is 4.74 Å². The van der Waals surface area contributed by atoms with Gasteiger partial charge in [0.15, 0.2) is 5.79 Å². The maximum atomic E-state index is 9.40. The Labute approximate surface area is 66.2 Å². The molecule has 0 amide bonds. The van der Waals surface area contributed by atoms with E-state index in [1.165, 1.54) is 0 Å². The van der Waals surface area contributed by atoms with Gasteiger partial charge < -0.3 is 20.1 Å². The smallest absolute Gasteiger partial charge is 0.193 e. The highest BCUT2D eigenvalue weighted by atomic mass is 16.7. The van der Waals surface area contributed by atoms with E-state index in [0.29, 0.717) is 0 Å². The number of aliphatic hydroxyl groups excluding tert-OH is 2. The average Bonchev–Trinajstić information content (AvgIpc) is 2.17. The van der Waals surface area contributed by atoms with Crippen molar-refractivity contribution in [3.8, 4) is 0 Å². The number of hydrogen-bond donors (Lipinski definition) is 3. The summed E-state index contributed by atoms with van der Waals surface area (Å²) in [4.78, 5) is 0. The van der Waals surface area contributed by atoms with Gasteiger partial charge in [0, 0.05) is 11.9 Å². The zero-order chi connectivity index (χ0) is 8.65. The van der Waals surface area contributed by atoms with E-state index in [4.69, 9.17) is 17.7 Å². The van der Waals surface area contributed by atoms with Gasteiger partial charge in [-0.15, -0.1) is 0 Å². The molecule has 1 saturated heterocycles. The first kappa shape index (κ1) is 9.00. The van der Waals surface area contributed by atoms with Crippen molar-refractivity contribution in [1.29, 1.82) is 0 Å². The third-order valence-electron chi connectivity index (χ3n) is 2.13. The minimum atomic E-state index is -1.68. The fraction of sp³-hybridized carbons (Fsp3) is 1.00. The summed E-state index contributed by atoms with van der Waals surface area (Å²) in [6.07, 6.45) is -0.924. The van der Waals surface area contributed by atoms with Crippen LogP contribution in [0, 0.1) is 5.92 Å². The molecule has 0 aromatic rings. The van der Waals surface area contributed by atoms with Gasteiger partial charge in [-0.05, 0) is 0 Å². The van der Waals surface area contributed by atoms with Crippen LogP contribution < -0.4 is 0 Å². The lowest BCUT2D eigenvalue weighted by molar-refractivity contribution is -0.219. The topological polar surface area (TPSA) is 69.9 Å². The standard InChI is InChI=1S/C6H11BO4/c1-3-4(9)5(7)11-6(3,10)2-8/h3-5,8-10H,2H2,1H3/t3-,4+,5+,6?/m0/s1. The summed E-state index contributed by atoms with van der Waals surface area (Å²) < 4.78 is 4.76. The monoisotopic (exact) mass is 158 g/mol.